The number of nitriles is 1. The first-order valence-electron chi connectivity index (χ1n) is 10.4. The number of nitrogens with one attached hydrogen (secondary N) is 2. The second kappa shape index (κ2) is 10.5. The highest BCUT2D eigenvalue weighted by molar-refractivity contribution is 5.95. The maximum absolute atomic E-state index is 13.1. The van der Waals surface area contributed by atoms with Gasteiger partial charge < -0.3 is 10.6 Å². The SMILES string of the molecule is C[C@H](C(=O)Nc1cccc(C#N)c1)N1CCN(CC(=O)Nc2ccccc2C(F)(F)F)CC1. The predicted molar refractivity (Wildman–Crippen MR) is 117 cm³/mol. The monoisotopic (exact) mass is 459 g/mol. The quantitative estimate of drug-likeness (QED) is 0.693. The van der Waals surface area contributed by atoms with Crippen LogP contribution in [-0.4, -0.2) is 60.4 Å². The topological polar surface area (TPSA) is 88.5 Å². The van der Waals surface area contributed by atoms with Crippen LogP contribution in [0.4, 0.5) is 24.5 Å². The highest BCUT2D eigenvalue weighted by Gasteiger charge is 2.34. The average molecular weight is 459 g/mol. The Balaban J connectivity index is 1.49. The fraction of sp³-hybridized carbons (Fsp3) is 0.348. The summed E-state index contributed by atoms with van der Waals surface area (Å²) in [5.41, 5.74) is -0.159. The van der Waals surface area contributed by atoms with Crippen LogP contribution in [0, 0.1) is 11.3 Å². The van der Waals surface area contributed by atoms with Crippen molar-refractivity contribution in [2.75, 3.05) is 43.4 Å². The van der Waals surface area contributed by atoms with Crippen molar-refractivity contribution in [3.8, 4) is 6.07 Å². The van der Waals surface area contributed by atoms with Gasteiger partial charge in [-0.25, -0.2) is 0 Å². The molecule has 1 saturated heterocycles. The number of hydrogen-bond acceptors (Lipinski definition) is 5. The summed E-state index contributed by atoms with van der Waals surface area (Å²) in [5.74, 6) is -0.733. The summed E-state index contributed by atoms with van der Waals surface area (Å²) < 4.78 is 39.3. The summed E-state index contributed by atoms with van der Waals surface area (Å²) in [6, 6.07) is 13.1. The lowest BCUT2D eigenvalue weighted by atomic mass is 10.1. The van der Waals surface area contributed by atoms with Crippen LogP contribution >= 0.6 is 0 Å². The molecule has 0 radical (unpaired) electrons. The molecule has 3 rings (SSSR count). The number of benzene rings is 2. The van der Waals surface area contributed by atoms with Gasteiger partial charge in [-0.3, -0.25) is 19.4 Å². The number of amides is 2. The van der Waals surface area contributed by atoms with Crippen LogP contribution in [0.2, 0.25) is 0 Å². The third-order valence-electron chi connectivity index (χ3n) is 5.47. The second-order valence-electron chi connectivity index (χ2n) is 7.76. The van der Waals surface area contributed by atoms with Crippen LogP contribution in [0.3, 0.4) is 0 Å². The number of nitrogens with zero attached hydrogens (tertiary/aromatic N) is 3. The molecule has 2 amide bonds. The molecule has 1 aliphatic heterocycles. The lowest BCUT2D eigenvalue weighted by molar-refractivity contribution is -0.137. The van der Waals surface area contributed by atoms with Crippen molar-refractivity contribution in [2.45, 2.75) is 19.1 Å². The summed E-state index contributed by atoms with van der Waals surface area (Å²) >= 11 is 0. The molecule has 0 unspecified atom stereocenters. The summed E-state index contributed by atoms with van der Waals surface area (Å²) in [4.78, 5) is 28.7. The van der Waals surface area contributed by atoms with E-state index in [2.05, 4.69) is 10.6 Å². The Hall–Kier alpha value is -3.42. The summed E-state index contributed by atoms with van der Waals surface area (Å²) in [5, 5.41) is 14.1. The van der Waals surface area contributed by atoms with E-state index in [9.17, 15) is 22.8 Å². The average Bonchev–Trinajstić information content (AvgIpc) is 2.78. The number of rotatable bonds is 6. The second-order valence-corrected chi connectivity index (χ2v) is 7.76. The van der Waals surface area contributed by atoms with Crippen molar-refractivity contribution >= 4 is 23.2 Å². The molecule has 0 aromatic heterocycles. The normalized spacial score (nSPS) is 16.0. The Bertz CT molecular complexity index is 1040. The van der Waals surface area contributed by atoms with Gasteiger partial charge in [0.25, 0.3) is 0 Å². The molecule has 33 heavy (non-hydrogen) atoms. The molecule has 0 bridgehead atoms. The minimum absolute atomic E-state index is 0.0401. The highest BCUT2D eigenvalue weighted by atomic mass is 19.4. The number of carbonyl (C=O) groups excluding carboxylic acids is 2. The number of piperazine rings is 1. The minimum Gasteiger partial charge on any atom is -0.325 e. The van der Waals surface area contributed by atoms with Crippen molar-refractivity contribution in [3.63, 3.8) is 0 Å². The fourth-order valence-corrected chi connectivity index (χ4v) is 3.62. The van der Waals surface area contributed by atoms with Gasteiger partial charge in [-0.2, -0.15) is 18.4 Å². The number of alkyl halides is 3. The van der Waals surface area contributed by atoms with E-state index in [1.807, 2.05) is 15.9 Å². The van der Waals surface area contributed by atoms with Gasteiger partial charge in [0.1, 0.15) is 0 Å². The minimum atomic E-state index is -4.55. The predicted octanol–water partition coefficient (Wildman–Crippen LogP) is 3.16. The first kappa shape index (κ1) is 24.2. The van der Waals surface area contributed by atoms with E-state index in [0.717, 1.165) is 6.07 Å². The third kappa shape index (κ3) is 6.54. The number of anilines is 2. The number of halogens is 3. The van der Waals surface area contributed by atoms with E-state index < -0.39 is 23.7 Å². The Morgan fingerprint density at radius 2 is 1.76 bits per heavy atom. The molecule has 2 aromatic rings. The van der Waals surface area contributed by atoms with Crippen LogP contribution in [-0.2, 0) is 15.8 Å². The molecule has 2 N–H and O–H groups in total. The van der Waals surface area contributed by atoms with Gasteiger partial charge in [-0.05, 0) is 37.3 Å². The molecular weight excluding hydrogens is 435 g/mol. The summed E-state index contributed by atoms with van der Waals surface area (Å²) in [6.07, 6.45) is -4.55. The Morgan fingerprint density at radius 3 is 2.42 bits per heavy atom. The van der Waals surface area contributed by atoms with Gasteiger partial charge in [0, 0.05) is 31.9 Å². The van der Waals surface area contributed by atoms with E-state index in [1.54, 1.807) is 31.2 Å². The van der Waals surface area contributed by atoms with Crippen LogP contribution in [0.15, 0.2) is 48.5 Å². The third-order valence-corrected chi connectivity index (χ3v) is 5.47. The maximum Gasteiger partial charge on any atom is 0.418 e. The first-order valence-corrected chi connectivity index (χ1v) is 10.4. The van der Waals surface area contributed by atoms with E-state index in [0.29, 0.717) is 37.4 Å². The Morgan fingerprint density at radius 1 is 1.06 bits per heavy atom. The van der Waals surface area contributed by atoms with Crippen LogP contribution < -0.4 is 10.6 Å². The number of hydrogen-bond donors (Lipinski definition) is 2. The summed E-state index contributed by atoms with van der Waals surface area (Å²) in [7, 11) is 0. The fourth-order valence-electron chi connectivity index (χ4n) is 3.62. The Labute approximate surface area is 189 Å². The smallest absolute Gasteiger partial charge is 0.325 e. The molecule has 0 aliphatic carbocycles. The van der Waals surface area contributed by atoms with Gasteiger partial charge >= 0.3 is 6.18 Å². The van der Waals surface area contributed by atoms with Gasteiger partial charge in [-0.15, -0.1) is 0 Å². The van der Waals surface area contributed by atoms with Crippen molar-refractivity contribution in [3.05, 3.63) is 59.7 Å². The number of para-hydroxylation sites is 1. The zero-order chi connectivity index (χ0) is 24.0. The van der Waals surface area contributed by atoms with Crippen LogP contribution in [0.25, 0.3) is 0 Å². The molecule has 0 spiro atoms. The van der Waals surface area contributed by atoms with Crippen molar-refractivity contribution in [1.82, 2.24) is 9.80 Å². The van der Waals surface area contributed by atoms with Crippen LogP contribution in [0.1, 0.15) is 18.1 Å². The zero-order valence-electron chi connectivity index (χ0n) is 18.0. The lowest BCUT2D eigenvalue weighted by Gasteiger charge is -2.37. The molecule has 1 fully saturated rings. The number of carbonyl (C=O) groups is 2. The van der Waals surface area contributed by atoms with Crippen molar-refractivity contribution < 1.29 is 22.8 Å². The first-order chi connectivity index (χ1) is 15.7. The molecule has 10 heteroatoms. The standard InChI is InChI=1S/C23H24F3N5O2/c1-16(22(33)28-18-6-4-5-17(13-18)14-27)31-11-9-30(10-12-31)15-21(32)29-20-8-3-2-7-19(20)23(24,25)26/h2-8,13,16H,9-12,15H2,1H3,(H,28,33)(H,29,32)/t16-/m1/s1. The highest BCUT2D eigenvalue weighted by Crippen LogP contribution is 2.34. The van der Waals surface area contributed by atoms with E-state index in [4.69, 9.17) is 5.26 Å². The Kier molecular flexibility index (Phi) is 7.68. The molecular formula is C23H24F3N5O2. The van der Waals surface area contributed by atoms with Crippen molar-refractivity contribution in [1.29, 1.82) is 5.26 Å². The van der Waals surface area contributed by atoms with Gasteiger partial charge in [0.15, 0.2) is 0 Å². The summed E-state index contributed by atoms with van der Waals surface area (Å²) in [6.45, 7) is 3.78. The molecule has 174 valence electrons. The van der Waals surface area contributed by atoms with Gasteiger partial charge in [-0.1, -0.05) is 18.2 Å². The molecule has 1 atom stereocenters. The molecule has 7 nitrogen and oxygen atoms in total. The van der Waals surface area contributed by atoms with Gasteiger partial charge in [0.05, 0.1) is 35.5 Å². The molecule has 2 aromatic carbocycles. The van der Waals surface area contributed by atoms with Crippen LogP contribution in [0.5, 0.6) is 0 Å². The largest absolute Gasteiger partial charge is 0.418 e. The van der Waals surface area contributed by atoms with E-state index in [-0.39, 0.29) is 18.1 Å². The van der Waals surface area contributed by atoms with Gasteiger partial charge in [0.2, 0.25) is 11.8 Å². The molecule has 0 saturated carbocycles. The zero-order valence-corrected chi connectivity index (χ0v) is 18.0. The van der Waals surface area contributed by atoms with E-state index in [1.165, 1.54) is 18.2 Å². The molecule has 1 aliphatic rings. The van der Waals surface area contributed by atoms with Crippen molar-refractivity contribution in [2.24, 2.45) is 0 Å². The maximum atomic E-state index is 13.1. The van der Waals surface area contributed by atoms with E-state index >= 15 is 0 Å². The molecule has 1 heterocycles. The lowest BCUT2D eigenvalue weighted by Crippen LogP contribution is -2.53.